The highest BCUT2D eigenvalue weighted by molar-refractivity contribution is 7.47. The van der Waals surface area contributed by atoms with Crippen molar-refractivity contribution in [2.45, 2.75) is 478 Å². The number of hydrogen-bond donors (Lipinski definition) is 3. The Hall–Kier alpha value is -1.94. The zero-order valence-electron chi connectivity index (χ0n) is 69.9. The number of rotatable bonds is 85. The van der Waals surface area contributed by atoms with Crippen molar-refractivity contribution < 1.29 is 80.2 Å². The van der Waals surface area contributed by atoms with Gasteiger partial charge in [0.05, 0.1) is 26.4 Å². The van der Waals surface area contributed by atoms with Crippen LogP contribution in [0.2, 0.25) is 0 Å². The minimum Gasteiger partial charge on any atom is -0.462 e. The first-order valence-corrected chi connectivity index (χ1v) is 47.9. The van der Waals surface area contributed by atoms with Gasteiger partial charge in [-0.2, -0.15) is 0 Å². The molecule has 0 fully saturated rings. The van der Waals surface area contributed by atoms with Crippen LogP contribution in [0.4, 0.5) is 0 Å². The first-order valence-electron chi connectivity index (χ1n) is 44.9. The van der Waals surface area contributed by atoms with Crippen LogP contribution in [0.25, 0.3) is 0 Å². The molecule has 0 radical (unpaired) electrons. The topological polar surface area (TPSA) is 237 Å². The molecule has 3 N–H and O–H groups in total. The van der Waals surface area contributed by atoms with Crippen LogP contribution < -0.4 is 0 Å². The van der Waals surface area contributed by atoms with Gasteiger partial charge in [0, 0.05) is 25.7 Å². The number of aliphatic hydroxyl groups is 1. The maximum atomic E-state index is 13.2. The van der Waals surface area contributed by atoms with E-state index in [1.165, 1.54) is 270 Å². The number of phosphoric acid groups is 2. The number of carbonyl (C=O) groups is 4. The summed E-state index contributed by atoms with van der Waals surface area (Å²) in [4.78, 5) is 73.2. The highest BCUT2D eigenvalue weighted by Crippen LogP contribution is 2.45. The number of hydrogen-bond acceptors (Lipinski definition) is 15. The summed E-state index contributed by atoms with van der Waals surface area (Å²) in [5.41, 5.74) is 0. The molecular weight excluding hydrogens is 1380 g/mol. The van der Waals surface area contributed by atoms with Crippen LogP contribution in [0, 0.1) is 17.8 Å². The van der Waals surface area contributed by atoms with Gasteiger partial charge >= 0.3 is 39.5 Å². The van der Waals surface area contributed by atoms with Crippen LogP contribution in [-0.4, -0.2) is 96.7 Å². The lowest BCUT2D eigenvalue weighted by molar-refractivity contribution is -0.161. The monoisotopic (exact) mass is 1550 g/mol. The smallest absolute Gasteiger partial charge is 0.462 e. The molecule has 0 aliphatic heterocycles. The molecule has 0 amide bonds. The van der Waals surface area contributed by atoms with Gasteiger partial charge in [-0.3, -0.25) is 37.3 Å². The van der Waals surface area contributed by atoms with Crippen molar-refractivity contribution in [3.8, 4) is 0 Å². The van der Waals surface area contributed by atoms with Gasteiger partial charge in [0.25, 0.3) is 0 Å². The number of aliphatic hydroxyl groups excluding tert-OH is 1. The van der Waals surface area contributed by atoms with Crippen molar-refractivity contribution in [2.24, 2.45) is 17.8 Å². The van der Waals surface area contributed by atoms with E-state index in [0.717, 1.165) is 108 Å². The lowest BCUT2D eigenvalue weighted by Crippen LogP contribution is -2.30. The van der Waals surface area contributed by atoms with Crippen LogP contribution >= 0.6 is 15.6 Å². The maximum absolute atomic E-state index is 13.2. The Labute approximate surface area is 651 Å². The zero-order chi connectivity index (χ0) is 77.9. The highest BCUT2D eigenvalue weighted by atomic mass is 31.2. The summed E-state index contributed by atoms with van der Waals surface area (Å²) in [7, 11) is -9.93. The Kier molecular flexibility index (Phi) is 75.6. The van der Waals surface area contributed by atoms with Gasteiger partial charge in [0.2, 0.25) is 0 Å². The molecule has 19 heteroatoms. The molecule has 0 aliphatic rings. The summed E-state index contributed by atoms with van der Waals surface area (Å²) in [6.07, 6.45) is 68.0. The van der Waals surface area contributed by atoms with E-state index in [1.807, 2.05) is 0 Å². The van der Waals surface area contributed by atoms with E-state index in [1.54, 1.807) is 0 Å². The molecule has 0 bridgehead atoms. The normalized spacial score (nSPS) is 14.1. The molecule has 0 rings (SSSR count). The number of unbranched alkanes of at least 4 members (excludes halogenated alkanes) is 52. The van der Waals surface area contributed by atoms with E-state index < -0.39 is 97.5 Å². The second kappa shape index (κ2) is 77.0. The summed E-state index contributed by atoms with van der Waals surface area (Å²) in [5, 5.41) is 10.7. The van der Waals surface area contributed by atoms with Crippen LogP contribution in [0.5, 0.6) is 0 Å². The van der Waals surface area contributed by atoms with Crippen molar-refractivity contribution in [1.29, 1.82) is 0 Å². The van der Waals surface area contributed by atoms with Crippen molar-refractivity contribution >= 4 is 39.5 Å². The second-order valence-electron chi connectivity index (χ2n) is 32.5. The van der Waals surface area contributed by atoms with Crippen LogP contribution in [0.3, 0.4) is 0 Å². The van der Waals surface area contributed by atoms with Gasteiger partial charge in [0.15, 0.2) is 12.2 Å². The van der Waals surface area contributed by atoms with E-state index >= 15 is 0 Å². The third kappa shape index (κ3) is 78.7. The summed E-state index contributed by atoms with van der Waals surface area (Å²) in [6, 6.07) is 0. The molecule has 106 heavy (non-hydrogen) atoms. The van der Waals surface area contributed by atoms with Crippen molar-refractivity contribution in [1.82, 2.24) is 0 Å². The molecule has 0 spiro atoms. The Morgan fingerprint density at radius 2 is 0.481 bits per heavy atom. The van der Waals surface area contributed by atoms with Gasteiger partial charge in [-0.15, -0.1) is 0 Å². The lowest BCUT2D eigenvalue weighted by Gasteiger charge is -2.21. The minimum absolute atomic E-state index is 0.107. The molecule has 0 aromatic heterocycles. The van der Waals surface area contributed by atoms with Crippen molar-refractivity contribution in [3.05, 3.63) is 0 Å². The van der Waals surface area contributed by atoms with Crippen LogP contribution in [0.15, 0.2) is 0 Å². The quantitative estimate of drug-likeness (QED) is 0.0222. The predicted octanol–water partition coefficient (Wildman–Crippen LogP) is 26.5. The molecule has 6 atom stereocenters. The Balaban J connectivity index is 5.21. The number of phosphoric ester groups is 2. The number of esters is 4. The second-order valence-corrected chi connectivity index (χ2v) is 35.4. The summed E-state index contributed by atoms with van der Waals surface area (Å²) >= 11 is 0. The third-order valence-corrected chi connectivity index (χ3v) is 22.6. The standard InChI is InChI=1S/C87H170O17P2/c1-8-10-11-12-13-37-47-54-61-68-84(89)97-74-82(103-87(92)71-64-57-50-43-36-30-24-26-32-39-45-52-59-66-79(5)6)76-101-105(93,94)99-72-81(88)73-100-106(95,96)102-77-83(75-98-85(90)69-62-55-48-41-34-28-22-19-18-20-25-31-38-44-51-58-65-78(3)4)104-86(91)70-63-56-49-42-35-29-23-17-15-14-16-21-27-33-40-46-53-60-67-80(7)9-2/h78-83,88H,8-77H2,1-7H3,(H,93,94)(H,95,96)/t80?,81-,82+,83+/m0/s1. The van der Waals surface area contributed by atoms with Gasteiger partial charge in [-0.05, 0) is 43.4 Å². The molecule has 3 unspecified atom stereocenters. The van der Waals surface area contributed by atoms with Crippen LogP contribution in [-0.2, 0) is 65.4 Å². The van der Waals surface area contributed by atoms with E-state index in [0.29, 0.717) is 25.7 Å². The molecule has 0 aromatic rings. The summed E-state index contributed by atoms with van der Waals surface area (Å²) in [5.74, 6) is 0.366. The Bertz CT molecular complexity index is 2050. The summed E-state index contributed by atoms with van der Waals surface area (Å²) in [6.45, 7) is 12.1. The Morgan fingerprint density at radius 3 is 0.717 bits per heavy atom. The van der Waals surface area contributed by atoms with Crippen molar-refractivity contribution in [2.75, 3.05) is 39.6 Å². The molecule has 0 heterocycles. The van der Waals surface area contributed by atoms with Crippen molar-refractivity contribution in [3.63, 3.8) is 0 Å². The number of carbonyl (C=O) groups excluding carboxylic acids is 4. The highest BCUT2D eigenvalue weighted by Gasteiger charge is 2.31. The van der Waals surface area contributed by atoms with E-state index in [-0.39, 0.29) is 25.7 Å². The fourth-order valence-corrected chi connectivity index (χ4v) is 15.1. The first-order chi connectivity index (χ1) is 51.3. The van der Waals surface area contributed by atoms with Crippen LogP contribution in [0.1, 0.15) is 459 Å². The fourth-order valence-electron chi connectivity index (χ4n) is 13.5. The van der Waals surface area contributed by atoms with Gasteiger partial charge < -0.3 is 33.8 Å². The van der Waals surface area contributed by atoms with Gasteiger partial charge in [-0.1, -0.05) is 408 Å². The molecule has 0 aliphatic carbocycles. The SMILES string of the molecule is CCCCCCCCCCCC(=O)OC[C@H](COP(=O)(O)OC[C@H](O)COP(=O)(O)OC[C@@H](COC(=O)CCCCCCCCCCCCCCCCCCC(C)C)OC(=O)CCCCCCCCCCCCCCCCCCCCC(C)CC)OC(=O)CCCCCCCCCCCCCCCC(C)C. The summed E-state index contributed by atoms with van der Waals surface area (Å²) < 4.78 is 68.9. The molecule has 17 nitrogen and oxygen atoms in total. The predicted molar refractivity (Wildman–Crippen MR) is 437 cm³/mol. The van der Waals surface area contributed by atoms with E-state index in [2.05, 4.69) is 48.5 Å². The minimum atomic E-state index is -4.97. The molecule has 0 aromatic carbocycles. The Morgan fingerprint density at radius 1 is 0.274 bits per heavy atom. The first kappa shape index (κ1) is 104. The third-order valence-electron chi connectivity index (χ3n) is 20.7. The largest absolute Gasteiger partial charge is 0.472 e. The average molecular weight is 1550 g/mol. The molecule has 0 saturated carbocycles. The molecule has 0 saturated heterocycles. The fraction of sp³-hybridized carbons (Fsp3) is 0.954. The molecular formula is C87H170O17P2. The van der Waals surface area contributed by atoms with Gasteiger partial charge in [0.1, 0.15) is 19.3 Å². The molecule has 630 valence electrons. The zero-order valence-corrected chi connectivity index (χ0v) is 71.7. The number of ether oxygens (including phenoxy) is 4. The maximum Gasteiger partial charge on any atom is 0.472 e. The van der Waals surface area contributed by atoms with Gasteiger partial charge in [-0.25, -0.2) is 9.13 Å². The average Bonchev–Trinajstić information content (AvgIpc) is 0.911. The van der Waals surface area contributed by atoms with E-state index in [4.69, 9.17) is 37.0 Å². The van der Waals surface area contributed by atoms with E-state index in [9.17, 15) is 43.2 Å². The lowest BCUT2D eigenvalue weighted by atomic mass is 9.99.